The highest BCUT2D eigenvalue weighted by molar-refractivity contribution is 9.10. The zero-order valence-electron chi connectivity index (χ0n) is 16.0. The number of nitrogen functional groups attached to an aromatic ring is 1. The zero-order valence-corrected chi connectivity index (χ0v) is 18.4. The minimum Gasteiger partial charge on any atom is -0.497 e. The van der Waals surface area contributed by atoms with E-state index < -0.39 is 20.7 Å². The molecule has 1 aromatic heterocycles. The lowest BCUT2D eigenvalue weighted by atomic mass is 10.2. The van der Waals surface area contributed by atoms with Crippen molar-refractivity contribution in [1.82, 2.24) is 9.97 Å². The molecular formula is C19H18BrFN4O4S. The molecule has 3 rings (SSSR count). The van der Waals surface area contributed by atoms with Gasteiger partial charge in [0.1, 0.15) is 34.4 Å². The number of halogens is 2. The van der Waals surface area contributed by atoms with E-state index in [1.807, 2.05) is 0 Å². The summed E-state index contributed by atoms with van der Waals surface area (Å²) in [6.45, 7) is -0.173. The molecule has 11 heteroatoms. The van der Waals surface area contributed by atoms with Crippen molar-refractivity contribution in [3.63, 3.8) is 0 Å². The van der Waals surface area contributed by atoms with Crippen molar-refractivity contribution >= 4 is 37.5 Å². The number of benzene rings is 2. The largest absolute Gasteiger partial charge is 0.497 e. The van der Waals surface area contributed by atoms with E-state index in [9.17, 15) is 12.8 Å². The molecule has 0 aliphatic rings. The molecular weight excluding hydrogens is 479 g/mol. The summed E-state index contributed by atoms with van der Waals surface area (Å²) in [6.07, 6.45) is 2.60. The Bertz CT molecular complexity index is 1160. The number of nitrogens with two attached hydrogens (primary N) is 1. The molecule has 0 amide bonds. The van der Waals surface area contributed by atoms with E-state index >= 15 is 0 Å². The van der Waals surface area contributed by atoms with E-state index in [0.717, 1.165) is 16.4 Å². The first-order valence-corrected chi connectivity index (χ1v) is 10.8. The highest BCUT2D eigenvalue weighted by atomic mass is 79.9. The first-order chi connectivity index (χ1) is 14.3. The van der Waals surface area contributed by atoms with E-state index in [2.05, 4.69) is 25.9 Å². The number of aromatic nitrogens is 2. The van der Waals surface area contributed by atoms with Crippen molar-refractivity contribution in [3.8, 4) is 11.5 Å². The Balaban J connectivity index is 2.14. The van der Waals surface area contributed by atoms with Gasteiger partial charge in [0.15, 0.2) is 0 Å². The third-order valence-corrected chi connectivity index (χ3v) is 6.70. The molecule has 0 aliphatic carbocycles. The molecule has 0 fully saturated rings. The molecule has 0 atom stereocenters. The van der Waals surface area contributed by atoms with Gasteiger partial charge in [0.25, 0.3) is 10.0 Å². The zero-order chi connectivity index (χ0) is 21.9. The van der Waals surface area contributed by atoms with E-state index in [4.69, 9.17) is 15.2 Å². The fourth-order valence-corrected chi connectivity index (χ4v) is 4.69. The number of rotatable bonds is 7. The molecule has 8 nitrogen and oxygen atoms in total. The molecule has 0 unspecified atom stereocenters. The van der Waals surface area contributed by atoms with Gasteiger partial charge >= 0.3 is 0 Å². The predicted octanol–water partition coefficient (Wildman–Crippen LogP) is 3.37. The van der Waals surface area contributed by atoms with Crippen LogP contribution in [0, 0.1) is 5.82 Å². The quantitative estimate of drug-likeness (QED) is 0.499. The number of anilines is 2. The van der Waals surface area contributed by atoms with Crippen LogP contribution in [-0.2, 0) is 16.6 Å². The molecule has 0 aliphatic heterocycles. The van der Waals surface area contributed by atoms with Crippen LogP contribution in [0.1, 0.15) is 5.56 Å². The number of hydrogen-bond acceptors (Lipinski definition) is 7. The Labute approximate surface area is 181 Å². The minimum absolute atomic E-state index is 0.0650. The first-order valence-electron chi connectivity index (χ1n) is 8.52. The molecule has 2 aromatic carbocycles. The Morgan fingerprint density at radius 3 is 2.57 bits per heavy atom. The maximum Gasteiger partial charge on any atom is 0.268 e. The van der Waals surface area contributed by atoms with Crippen molar-refractivity contribution in [1.29, 1.82) is 0 Å². The first kappa shape index (κ1) is 21.8. The van der Waals surface area contributed by atoms with Crippen LogP contribution >= 0.6 is 15.9 Å². The van der Waals surface area contributed by atoms with Gasteiger partial charge in [-0.2, -0.15) is 0 Å². The fourth-order valence-electron chi connectivity index (χ4n) is 2.72. The summed E-state index contributed by atoms with van der Waals surface area (Å²) >= 11 is 3.15. The number of nitrogens with zero attached hydrogens (tertiary/aromatic N) is 3. The molecule has 0 saturated heterocycles. The van der Waals surface area contributed by atoms with Gasteiger partial charge in [-0.25, -0.2) is 27.1 Å². The van der Waals surface area contributed by atoms with Gasteiger partial charge in [-0.05, 0) is 40.2 Å². The van der Waals surface area contributed by atoms with Crippen molar-refractivity contribution in [2.75, 3.05) is 24.3 Å². The Morgan fingerprint density at radius 1 is 1.17 bits per heavy atom. The van der Waals surface area contributed by atoms with Gasteiger partial charge in [0, 0.05) is 34.1 Å². The summed E-state index contributed by atoms with van der Waals surface area (Å²) in [7, 11) is -1.40. The second-order valence-corrected chi connectivity index (χ2v) is 8.75. The highest BCUT2D eigenvalue weighted by Gasteiger charge is 2.30. The normalized spacial score (nSPS) is 11.2. The summed E-state index contributed by atoms with van der Waals surface area (Å²) in [5.41, 5.74) is 6.27. The van der Waals surface area contributed by atoms with Crippen LogP contribution in [0.5, 0.6) is 11.5 Å². The van der Waals surface area contributed by atoms with Gasteiger partial charge in [-0.3, -0.25) is 0 Å². The maximum atomic E-state index is 14.6. The molecule has 0 radical (unpaired) electrons. The van der Waals surface area contributed by atoms with Crippen molar-refractivity contribution in [2.24, 2.45) is 0 Å². The van der Waals surface area contributed by atoms with Crippen LogP contribution in [0.25, 0.3) is 0 Å². The summed E-state index contributed by atoms with van der Waals surface area (Å²) in [6, 6.07) is 8.44. The minimum atomic E-state index is -4.37. The Morgan fingerprint density at radius 2 is 1.93 bits per heavy atom. The topological polar surface area (TPSA) is 108 Å². The molecule has 158 valence electrons. The van der Waals surface area contributed by atoms with Crippen LogP contribution < -0.4 is 19.5 Å². The van der Waals surface area contributed by atoms with Crippen molar-refractivity contribution in [3.05, 3.63) is 64.8 Å². The number of sulfonamides is 1. The fraction of sp³-hybridized carbons (Fsp3) is 0.158. The van der Waals surface area contributed by atoms with Crippen LogP contribution in [0.3, 0.4) is 0 Å². The summed E-state index contributed by atoms with van der Waals surface area (Å²) in [5.74, 6) is 0.0368. The van der Waals surface area contributed by atoms with Gasteiger partial charge in [-0.15, -0.1) is 0 Å². The maximum absolute atomic E-state index is 14.6. The van der Waals surface area contributed by atoms with Crippen molar-refractivity contribution in [2.45, 2.75) is 11.4 Å². The van der Waals surface area contributed by atoms with Gasteiger partial charge in [0.05, 0.1) is 20.8 Å². The standard InChI is InChI=1S/C19H18BrFN4O4S/c1-28-13-4-3-12(17(7-13)29-2)10-25(19-5-6-23-11-24-19)30(26,27)18-8-14(20)16(22)9-15(18)21/h3-9,11H,10,22H2,1-2H3. The summed E-state index contributed by atoms with van der Waals surface area (Å²) in [5, 5.41) is 0. The van der Waals surface area contributed by atoms with Crippen LogP contribution in [-0.4, -0.2) is 32.6 Å². The Hall–Kier alpha value is -2.92. The smallest absolute Gasteiger partial charge is 0.268 e. The van der Waals surface area contributed by atoms with E-state index in [1.165, 1.54) is 32.8 Å². The van der Waals surface area contributed by atoms with E-state index in [1.54, 1.807) is 18.2 Å². The lowest BCUT2D eigenvalue weighted by Gasteiger charge is -2.25. The summed E-state index contributed by atoms with van der Waals surface area (Å²) in [4.78, 5) is 7.31. The van der Waals surface area contributed by atoms with Crippen molar-refractivity contribution < 1.29 is 22.3 Å². The molecule has 0 saturated carbocycles. The number of methoxy groups -OCH3 is 2. The average Bonchev–Trinajstić information content (AvgIpc) is 2.74. The van der Waals surface area contributed by atoms with Crippen LogP contribution in [0.2, 0.25) is 0 Å². The predicted molar refractivity (Wildman–Crippen MR) is 113 cm³/mol. The molecule has 3 aromatic rings. The number of hydrogen-bond donors (Lipinski definition) is 1. The third kappa shape index (κ3) is 4.31. The molecule has 30 heavy (non-hydrogen) atoms. The molecule has 2 N–H and O–H groups in total. The number of ether oxygens (including phenoxy) is 2. The second kappa shape index (κ2) is 8.84. The van der Waals surface area contributed by atoms with E-state index in [0.29, 0.717) is 17.1 Å². The Kier molecular flexibility index (Phi) is 6.42. The lowest BCUT2D eigenvalue weighted by molar-refractivity contribution is 0.391. The molecule has 0 bridgehead atoms. The third-order valence-electron chi connectivity index (χ3n) is 4.25. The second-order valence-electron chi connectivity index (χ2n) is 6.06. The monoisotopic (exact) mass is 496 g/mol. The molecule has 0 spiro atoms. The summed E-state index contributed by atoms with van der Waals surface area (Å²) < 4.78 is 53.3. The van der Waals surface area contributed by atoms with Crippen LogP contribution in [0.4, 0.5) is 15.9 Å². The molecule has 1 heterocycles. The van der Waals surface area contributed by atoms with Crippen LogP contribution in [0.15, 0.2) is 58.3 Å². The van der Waals surface area contributed by atoms with Gasteiger partial charge in [0.2, 0.25) is 0 Å². The van der Waals surface area contributed by atoms with Gasteiger partial charge < -0.3 is 15.2 Å². The SMILES string of the molecule is COc1ccc(CN(c2ccncn2)S(=O)(=O)c2cc(Br)c(N)cc2F)c(OC)c1. The highest BCUT2D eigenvalue weighted by Crippen LogP contribution is 2.33. The van der Waals surface area contributed by atoms with E-state index in [-0.39, 0.29) is 22.5 Å². The van der Waals surface area contributed by atoms with Gasteiger partial charge in [-0.1, -0.05) is 0 Å². The average molecular weight is 497 g/mol. The lowest BCUT2D eigenvalue weighted by Crippen LogP contribution is -2.32.